The maximum atomic E-state index is 13.5. The van der Waals surface area contributed by atoms with E-state index in [2.05, 4.69) is 26.8 Å². The smallest absolute Gasteiger partial charge is 0.345 e. The molecule has 3 fully saturated rings. The molecule has 4 aliphatic rings. The number of halogens is 4. The van der Waals surface area contributed by atoms with Crippen molar-refractivity contribution in [3.05, 3.63) is 28.2 Å². The fraction of sp³-hybridized carbons (Fsp3) is 0.591. The molecule has 0 bridgehead atoms. The maximum absolute atomic E-state index is 13.5. The van der Waals surface area contributed by atoms with Gasteiger partial charge in [0.2, 0.25) is 17.7 Å². The predicted molar refractivity (Wildman–Crippen MR) is 120 cm³/mol. The summed E-state index contributed by atoms with van der Waals surface area (Å²) in [6, 6.07) is 5.56. The molecule has 1 aliphatic carbocycles. The number of carbonyl (C=O) groups is 3. The molecule has 1 spiro atoms. The molecule has 3 atom stereocenters. The monoisotopic (exact) mass is 543 g/mol. The number of nitrogens with zero attached hydrogens (tertiary/aromatic N) is 2. The molecule has 1 aromatic rings. The zero-order valence-corrected chi connectivity index (χ0v) is 19.8. The first-order valence-corrected chi connectivity index (χ1v) is 12.1. The van der Waals surface area contributed by atoms with Crippen LogP contribution in [0.4, 0.5) is 18.9 Å². The van der Waals surface area contributed by atoms with Crippen molar-refractivity contribution >= 4 is 39.3 Å². The SMILES string of the molecule is O=C(CN1C(=O)C2(CN(C(=O)C3CCC4NNCC4C3)C2)c2c(Br)cccc21)NCC(F)(F)F. The Morgan fingerprint density at radius 3 is 2.74 bits per heavy atom. The minimum Gasteiger partial charge on any atom is -0.345 e. The number of alkyl halides is 3. The summed E-state index contributed by atoms with van der Waals surface area (Å²) in [5, 5.41) is 1.82. The molecule has 3 unspecified atom stereocenters. The lowest BCUT2D eigenvalue weighted by Gasteiger charge is -2.48. The summed E-state index contributed by atoms with van der Waals surface area (Å²) >= 11 is 3.49. The quantitative estimate of drug-likeness (QED) is 0.534. The number of amides is 3. The van der Waals surface area contributed by atoms with Gasteiger partial charge in [0.1, 0.15) is 18.5 Å². The van der Waals surface area contributed by atoms with Gasteiger partial charge in [0, 0.05) is 47.3 Å². The second kappa shape index (κ2) is 8.49. The second-order valence-electron chi connectivity index (χ2n) is 9.60. The van der Waals surface area contributed by atoms with Gasteiger partial charge in [-0.1, -0.05) is 22.0 Å². The standard InChI is InChI=1S/C22H25BrF3N5O3/c23-14-2-1-3-16-18(14)21(20(34)31(16)8-17(32)27-9-22(24,25)26)10-30(11-21)19(33)12-4-5-15-13(6-12)7-28-29-15/h1-3,12-13,15,28-29H,4-11H2,(H,27,32). The molecule has 3 amide bonds. The van der Waals surface area contributed by atoms with Crippen LogP contribution in [-0.2, 0) is 19.8 Å². The van der Waals surface area contributed by atoms with Gasteiger partial charge in [-0.25, -0.2) is 0 Å². The van der Waals surface area contributed by atoms with Crippen LogP contribution in [0.3, 0.4) is 0 Å². The van der Waals surface area contributed by atoms with Gasteiger partial charge in [0.25, 0.3) is 0 Å². The minimum absolute atomic E-state index is 0.0405. The van der Waals surface area contributed by atoms with E-state index in [0.29, 0.717) is 27.7 Å². The number of nitrogens with one attached hydrogen (secondary N) is 3. The van der Waals surface area contributed by atoms with Crippen molar-refractivity contribution in [3.8, 4) is 0 Å². The predicted octanol–water partition coefficient (Wildman–Crippen LogP) is 1.45. The molecule has 34 heavy (non-hydrogen) atoms. The van der Waals surface area contributed by atoms with Crippen LogP contribution in [0.25, 0.3) is 0 Å². The van der Waals surface area contributed by atoms with Crippen LogP contribution in [0.15, 0.2) is 22.7 Å². The number of hydrazine groups is 1. The van der Waals surface area contributed by atoms with E-state index in [0.717, 1.165) is 25.8 Å². The van der Waals surface area contributed by atoms with Crippen molar-refractivity contribution in [2.45, 2.75) is 36.9 Å². The zero-order valence-electron chi connectivity index (χ0n) is 18.3. The average Bonchev–Trinajstić information content (AvgIpc) is 3.32. The Labute approximate surface area is 202 Å². The topological polar surface area (TPSA) is 93.8 Å². The molecule has 1 saturated carbocycles. The number of likely N-dealkylation sites (tertiary alicyclic amines) is 1. The van der Waals surface area contributed by atoms with Crippen LogP contribution in [0.2, 0.25) is 0 Å². The summed E-state index contributed by atoms with van der Waals surface area (Å²) in [6.07, 6.45) is -2.03. The van der Waals surface area contributed by atoms with Crippen LogP contribution in [0, 0.1) is 11.8 Å². The molecule has 5 rings (SSSR count). The summed E-state index contributed by atoms with van der Waals surface area (Å²) in [7, 11) is 0. The lowest BCUT2D eigenvalue weighted by molar-refractivity contribution is -0.149. The molecule has 8 nitrogen and oxygen atoms in total. The largest absolute Gasteiger partial charge is 0.405 e. The van der Waals surface area contributed by atoms with Gasteiger partial charge < -0.3 is 15.1 Å². The highest BCUT2D eigenvalue weighted by atomic mass is 79.9. The van der Waals surface area contributed by atoms with Crippen molar-refractivity contribution < 1.29 is 27.6 Å². The lowest BCUT2D eigenvalue weighted by Crippen LogP contribution is -2.66. The van der Waals surface area contributed by atoms with Gasteiger partial charge in [0.15, 0.2) is 0 Å². The van der Waals surface area contributed by atoms with Crippen LogP contribution >= 0.6 is 15.9 Å². The third-order valence-electron chi connectivity index (χ3n) is 7.42. The molecular weight excluding hydrogens is 519 g/mol. The Balaban J connectivity index is 1.30. The summed E-state index contributed by atoms with van der Waals surface area (Å²) in [5.74, 6) is -0.893. The van der Waals surface area contributed by atoms with E-state index in [4.69, 9.17) is 0 Å². The lowest BCUT2D eigenvalue weighted by atomic mass is 9.72. The van der Waals surface area contributed by atoms with E-state index in [1.165, 1.54) is 4.90 Å². The number of fused-ring (bicyclic) bond motifs is 3. The summed E-state index contributed by atoms with van der Waals surface area (Å²) in [5.41, 5.74) is 6.57. The fourth-order valence-electron chi connectivity index (χ4n) is 5.78. The van der Waals surface area contributed by atoms with E-state index in [9.17, 15) is 27.6 Å². The highest BCUT2D eigenvalue weighted by molar-refractivity contribution is 9.10. The summed E-state index contributed by atoms with van der Waals surface area (Å²) in [4.78, 5) is 41.8. The Hall–Kier alpha value is -2.18. The van der Waals surface area contributed by atoms with Crippen molar-refractivity contribution in [1.29, 1.82) is 0 Å². The summed E-state index contributed by atoms with van der Waals surface area (Å²) in [6.45, 7) is -0.743. The molecule has 3 heterocycles. The number of anilines is 1. The number of carbonyl (C=O) groups excluding carboxylic acids is 3. The first-order chi connectivity index (χ1) is 16.1. The number of rotatable bonds is 4. The van der Waals surface area contributed by atoms with E-state index in [1.807, 2.05) is 5.32 Å². The fourth-order valence-corrected chi connectivity index (χ4v) is 6.51. The van der Waals surface area contributed by atoms with E-state index < -0.39 is 30.6 Å². The van der Waals surface area contributed by atoms with Crippen molar-refractivity contribution in [1.82, 2.24) is 21.1 Å². The van der Waals surface area contributed by atoms with E-state index >= 15 is 0 Å². The van der Waals surface area contributed by atoms with Gasteiger partial charge in [-0.15, -0.1) is 0 Å². The number of benzene rings is 1. The van der Waals surface area contributed by atoms with Gasteiger partial charge in [-0.3, -0.25) is 25.2 Å². The van der Waals surface area contributed by atoms with Gasteiger partial charge in [-0.2, -0.15) is 13.2 Å². The van der Waals surface area contributed by atoms with Crippen LogP contribution in [0.1, 0.15) is 24.8 Å². The highest BCUT2D eigenvalue weighted by Gasteiger charge is 2.60. The Morgan fingerprint density at radius 1 is 1.24 bits per heavy atom. The minimum atomic E-state index is -4.54. The third-order valence-corrected chi connectivity index (χ3v) is 8.08. The molecular formula is C22H25BrF3N5O3. The van der Waals surface area contributed by atoms with Crippen molar-refractivity contribution in [2.75, 3.05) is 37.6 Å². The highest BCUT2D eigenvalue weighted by Crippen LogP contribution is 2.51. The Bertz CT molecular complexity index is 1030. The van der Waals surface area contributed by atoms with Crippen molar-refractivity contribution in [2.24, 2.45) is 11.8 Å². The third kappa shape index (κ3) is 3.99. The Kier molecular flexibility index (Phi) is 5.88. The average molecular weight is 544 g/mol. The van der Waals surface area contributed by atoms with Crippen molar-refractivity contribution in [3.63, 3.8) is 0 Å². The molecule has 3 N–H and O–H groups in total. The molecule has 0 radical (unpaired) electrons. The van der Waals surface area contributed by atoms with E-state index in [1.54, 1.807) is 23.1 Å². The van der Waals surface area contributed by atoms with Crippen LogP contribution in [-0.4, -0.2) is 67.6 Å². The van der Waals surface area contributed by atoms with E-state index in [-0.39, 0.29) is 30.8 Å². The van der Waals surface area contributed by atoms with Gasteiger partial charge in [0.05, 0.1) is 0 Å². The molecule has 2 saturated heterocycles. The molecule has 0 aromatic heterocycles. The second-order valence-corrected chi connectivity index (χ2v) is 10.4. The Morgan fingerprint density at radius 2 is 2.00 bits per heavy atom. The molecule has 1 aromatic carbocycles. The zero-order chi connectivity index (χ0) is 24.3. The summed E-state index contributed by atoms with van der Waals surface area (Å²) < 4.78 is 38.1. The van der Waals surface area contributed by atoms with Crippen LogP contribution in [0.5, 0.6) is 0 Å². The van der Waals surface area contributed by atoms with Gasteiger partial charge in [-0.05, 0) is 37.3 Å². The number of hydrogen-bond acceptors (Lipinski definition) is 5. The van der Waals surface area contributed by atoms with Gasteiger partial charge >= 0.3 is 6.18 Å². The molecule has 3 aliphatic heterocycles. The molecule has 184 valence electrons. The number of hydrogen-bond donors (Lipinski definition) is 3. The first-order valence-electron chi connectivity index (χ1n) is 11.3. The maximum Gasteiger partial charge on any atom is 0.405 e. The molecule has 12 heteroatoms. The first kappa shape index (κ1) is 23.6. The normalized spacial score (nSPS) is 27.4. The van der Waals surface area contributed by atoms with Crippen LogP contribution < -0.4 is 21.1 Å².